The Morgan fingerprint density at radius 1 is 0.857 bits per heavy atom. The van der Waals surface area contributed by atoms with Crippen LogP contribution >= 0.6 is 0 Å². The SMILES string of the molecule is Cc1ccc(CNc2c(S(=O)(=O)c3ccccc3)c[nH+]c3ccccc23)cc1. The zero-order chi connectivity index (χ0) is 19.6. The Morgan fingerprint density at radius 3 is 2.29 bits per heavy atom. The molecule has 0 unspecified atom stereocenters. The van der Waals surface area contributed by atoms with Gasteiger partial charge in [-0.2, -0.15) is 0 Å². The monoisotopic (exact) mass is 389 g/mol. The summed E-state index contributed by atoms with van der Waals surface area (Å²) in [5, 5.41) is 4.21. The Labute approximate surface area is 164 Å². The van der Waals surface area contributed by atoms with Crippen LogP contribution in [0.3, 0.4) is 0 Å². The summed E-state index contributed by atoms with van der Waals surface area (Å²) in [5.41, 5.74) is 3.76. The molecule has 4 nitrogen and oxygen atoms in total. The first kappa shape index (κ1) is 18.2. The predicted molar refractivity (Wildman–Crippen MR) is 111 cm³/mol. The lowest BCUT2D eigenvalue weighted by Gasteiger charge is -2.13. The van der Waals surface area contributed by atoms with Gasteiger partial charge in [0.1, 0.15) is 0 Å². The van der Waals surface area contributed by atoms with E-state index in [0.29, 0.717) is 12.2 Å². The summed E-state index contributed by atoms with van der Waals surface area (Å²) in [7, 11) is -3.67. The van der Waals surface area contributed by atoms with E-state index >= 15 is 0 Å². The number of aromatic nitrogens is 1. The summed E-state index contributed by atoms with van der Waals surface area (Å²) in [6.07, 6.45) is 1.57. The van der Waals surface area contributed by atoms with Gasteiger partial charge >= 0.3 is 0 Å². The highest BCUT2D eigenvalue weighted by Gasteiger charge is 2.26. The average Bonchev–Trinajstić information content (AvgIpc) is 2.73. The fourth-order valence-corrected chi connectivity index (χ4v) is 4.63. The van der Waals surface area contributed by atoms with Crippen LogP contribution in [-0.2, 0) is 16.4 Å². The molecule has 0 aliphatic heterocycles. The number of nitrogens with one attached hydrogen (secondary N) is 2. The van der Waals surface area contributed by atoms with E-state index in [9.17, 15) is 8.42 Å². The number of hydrogen-bond donors (Lipinski definition) is 1. The van der Waals surface area contributed by atoms with Crippen molar-refractivity contribution >= 4 is 26.4 Å². The maximum atomic E-state index is 13.3. The minimum absolute atomic E-state index is 0.240. The van der Waals surface area contributed by atoms with Crippen LogP contribution in [0.1, 0.15) is 11.1 Å². The second-order valence-corrected chi connectivity index (χ2v) is 8.65. The van der Waals surface area contributed by atoms with Crippen LogP contribution in [0.2, 0.25) is 0 Å². The Morgan fingerprint density at radius 2 is 1.54 bits per heavy atom. The van der Waals surface area contributed by atoms with Gasteiger partial charge in [-0.1, -0.05) is 60.2 Å². The van der Waals surface area contributed by atoms with Crippen LogP contribution in [0.4, 0.5) is 5.69 Å². The van der Waals surface area contributed by atoms with Crippen LogP contribution in [0.15, 0.2) is 94.9 Å². The molecule has 3 aromatic carbocycles. The smallest absolute Gasteiger partial charge is 0.214 e. The molecule has 140 valence electrons. The maximum absolute atomic E-state index is 13.3. The molecular formula is C23H21N2O2S+. The predicted octanol–water partition coefficient (Wildman–Crippen LogP) is 4.41. The number of aromatic amines is 1. The van der Waals surface area contributed by atoms with Crippen molar-refractivity contribution in [1.29, 1.82) is 0 Å². The van der Waals surface area contributed by atoms with E-state index in [1.54, 1.807) is 30.5 Å². The van der Waals surface area contributed by atoms with Crippen LogP contribution in [0.25, 0.3) is 10.9 Å². The standard InChI is InChI=1S/C23H20N2O2S/c1-17-11-13-18(14-12-17)15-25-23-20-9-5-6-10-21(20)24-16-22(23)28(26,27)19-7-3-2-4-8-19/h2-14,16H,15H2,1H3,(H,24,25)/p+1. The van der Waals surface area contributed by atoms with Gasteiger partial charge in [0.2, 0.25) is 15.4 Å². The normalized spacial score (nSPS) is 11.5. The summed E-state index contributed by atoms with van der Waals surface area (Å²) in [4.78, 5) is 3.64. The molecule has 0 spiro atoms. The Kier molecular flexibility index (Phi) is 4.84. The molecule has 28 heavy (non-hydrogen) atoms. The quantitative estimate of drug-likeness (QED) is 0.550. The Bertz CT molecular complexity index is 1220. The van der Waals surface area contributed by atoms with Crippen molar-refractivity contribution in [2.75, 3.05) is 5.32 Å². The van der Waals surface area contributed by atoms with E-state index in [1.165, 1.54) is 5.56 Å². The topological polar surface area (TPSA) is 60.3 Å². The van der Waals surface area contributed by atoms with Gasteiger partial charge in [-0.3, -0.25) is 0 Å². The summed E-state index contributed by atoms with van der Waals surface area (Å²) in [6.45, 7) is 2.58. The molecule has 0 aliphatic carbocycles. The maximum Gasteiger partial charge on any atom is 0.214 e. The Balaban J connectivity index is 1.82. The largest absolute Gasteiger partial charge is 0.379 e. The van der Waals surface area contributed by atoms with Gasteiger partial charge in [-0.25, -0.2) is 13.4 Å². The lowest BCUT2D eigenvalue weighted by molar-refractivity contribution is -0.347. The summed E-state index contributed by atoms with van der Waals surface area (Å²) < 4.78 is 26.6. The van der Waals surface area contributed by atoms with E-state index in [1.807, 2.05) is 49.4 Å². The zero-order valence-electron chi connectivity index (χ0n) is 15.5. The highest BCUT2D eigenvalue weighted by molar-refractivity contribution is 7.91. The number of fused-ring (bicyclic) bond motifs is 1. The van der Waals surface area contributed by atoms with Crippen LogP contribution in [-0.4, -0.2) is 8.42 Å². The van der Waals surface area contributed by atoms with Gasteiger partial charge in [0, 0.05) is 12.6 Å². The molecule has 1 aromatic heterocycles. The van der Waals surface area contributed by atoms with Crippen molar-refractivity contribution in [3.8, 4) is 0 Å². The third-order valence-electron chi connectivity index (χ3n) is 4.73. The van der Waals surface area contributed by atoms with Crippen molar-refractivity contribution in [1.82, 2.24) is 0 Å². The Hall–Kier alpha value is -3.18. The molecule has 0 radical (unpaired) electrons. The van der Waals surface area contributed by atoms with Crippen molar-refractivity contribution in [3.05, 3.63) is 96.2 Å². The van der Waals surface area contributed by atoms with Gasteiger partial charge in [0.05, 0.1) is 16.0 Å². The van der Waals surface area contributed by atoms with E-state index in [4.69, 9.17) is 0 Å². The molecule has 1 heterocycles. The van der Waals surface area contributed by atoms with Gasteiger partial charge < -0.3 is 5.32 Å². The molecule has 0 saturated carbocycles. The first-order valence-electron chi connectivity index (χ1n) is 9.09. The third-order valence-corrected chi connectivity index (χ3v) is 6.53. The lowest BCUT2D eigenvalue weighted by Crippen LogP contribution is -2.14. The van der Waals surface area contributed by atoms with Gasteiger partial charge in [-0.15, -0.1) is 0 Å². The fourth-order valence-electron chi connectivity index (χ4n) is 3.19. The summed E-state index contributed by atoms with van der Waals surface area (Å²) in [6, 6.07) is 24.4. The molecule has 4 aromatic rings. The summed E-state index contributed by atoms with van der Waals surface area (Å²) in [5.74, 6) is 0. The first-order chi connectivity index (χ1) is 13.6. The van der Waals surface area contributed by atoms with Crippen molar-refractivity contribution in [2.24, 2.45) is 0 Å². The molecule has 0 amide bonds. The highest BCUT2D eigenvalue weighted by Crippen LogP contribution is 2.32. The number of anilines is 1. The minimum atomic E-state index is -3.67. The molecule has 0 fully saturated rings. The molecule has 0 atom stereocenters. The fraction of sp³-hybridized carbons (Fsp3) is 0.0870. The highest BCUT2D eigenvalue weighted by atomic mass is 32.2. The number of sulfone groups is 1. The molecular weight excluding hydrogens is 368 g/mol. The zero-order valence-corrected chi connectivity index (χ0v) is 16.3. The molecule has 2 N–H and O–H groups in total. The van der Waals surface area contributed by atoms with Crippen molar-refractivity contribution < 1.29 is 13.4 Å². The molecule has 4 rings (SSSR count). The van der Waals surface area contributed by atoms with Gasteiger partial charge in [-0.05, 0) is 30.7 Å². The molecule has 0 bridgehead atoms. The van der Waals surface area contributed by atoms with Crippen LogP contribution in [0, 0.1) is 6.92 Å². The van der Waals surface area contributed by atoms with Gasteiger partial charge in [0.25, 0.3) is 0 Å². The third kappa shape index (κ3) is 3.49. The van der Waals surface area contributed by atoms with Crippen molar-refractivity contribution in [3.63, 3.8) is 0 Å². The second kappa shape index (κ2) is 7.44. The van der Waals surface area contributed by atoms with Crippen molar-refractivity contribution in [2.45, 2.75) is 23.3 Å². The number of para-hydroxylation sites is 1. The van der Waals surface area contributed by atoms with E-state index in [-0.39, 0.29) is 9.79 Å². The molecule has 0 aliphatic rings. The number of aryl methyl sites for hydroxylation is 1. The van der Waals surface area contributed by atoms with Crippen LogP contribution in [0.5, 0.6) is 0 Å². The van der Waals surface area contributed by atoms with E-state index in [2.05, 4.69) is 22.4 Å². The number of rotatable bonds is 5. The second-order valence-electron chi connectivity index (χ2n) is 6.73. The number of pyridine rings is 1. The van der Waals surface area contributed by atoms with Crippen LogP contribution < -0.4 is 10.3 Å². The minimum Gasteiger partial charge on any atom is -0.379 e. The lowest BCUT2D eigenvalue weighted by atomic mass is 10.1. The first-order valence-corrected chi connectivity index (χ1v) is 10.6. The number of benzene rings is 3. The molecule has 5 heteroatoms. The molecule has 0 saturated heterocycles. The number of H-pyrrole nitrogens is 1. The number of hydrogen-bond acceptors (Lipinski definition) is 3. The van der Waals surface area contributed by atoms with E-state index < -0.39 is 9.84 Å². The van der Waals surface area contributed by atoms with E-state index in [0.717, 1.165) is 16.5 Å². The summed E-state index contributed by atoms with van der Waals surface area (Å²) >= 11 is 0. The average molecular weight is 390 g/mol. The van der Waals surface area contributed by atoms with Gasteiger partial charge in [0.15, 0.2) is 11.1 Å².